The number of rotatable bonds is 4. The molecule has 5 nitrogen and oxygen atoms in total. The van der Waals surface area contributed by atoms with Crippen LogP contribution in [-0.4, -0.2) is 39.0 Å². The van der Waals surface area contributed by atoms with Gasteiger partial charge in [-0.1, -0.05) is 15.9 Å². The van der Waals surface area contributed by atoms with Gasteiger partial charge >= 0.3 is 0 Å². The Morgan fingerprint density at radius 3 is 2.57 bits per heavy atom. The number of methoxy groups -OCH3 is 1. The molecular formula is C8H11BrN2O3. The summed E-state index contributed by atoms with van der Waals surface area (Å²) in [6.45, 7) is 0. The quantitative estimate of drug-likeness (QED) is 0.763. The van der Waals surface area contributed by atoms with E-state index in [-0.39, 0.29) is 5.33 Å². The number of ether oxygens (including phenoxy) is 1. The molecule has 6 heteroatoms. The fourth-order valence-electron chi connectivity index (χ4n) is 0.878. The topological polar surface area (TPSA) is 75.5 Å². The molecule has 1 aromatic heterocycles. The van der Waals surface area contributed by atoms with Gasteiger partial charge in [-0.15, -0.1) is 10.2 Å². The van der Waals surface area contributed by atoms with Crippen molar-refractivity contribution in [2.75, 3.05) is 12.4 Å². The number of aromatic nitrogens is 2. The zero-order valence-corrected chi connectivity index (χ0v) is 9.18. The Kier molecular flexibility index (Phi) is 4.24. The first-order valence-electron chi connectivity index (χ1n) is 3.98. The van der Waals surface area contributed by atoms with Crippen LogP contribution in [0.25, 0.3) is 0 Å². The molecule has 0 fully saturated rings. The van der Waals surface area contributed by atoms with Crippen molar-refractivity contribution < 1.29 is 14.9 Å². The second-order valence-electron chi connectivity index (χ2n) is 2.67. The first-order chi connectivity index (χ1) is 6.69. The predicted octanol–water partition coefficient (Wildman–Crippen LogP) is 0.274. The molecule has 1 rings (SSSR count). The molecule has 0 saturated carbocycles. The summed E-state index contributed by atoms with van der Waals surface area (Å²) in [4.78, 5) is 0. The van der Waals surface area contributed by atoms with Crippen LogP contribution in [-0.2, 0) is 0 Å². The number of halogens is 1. The summed E-state index contributed by atoms with van der Waals surface area (Å²) >= 11 is 3.06. The molecule has 0 aliphatic heterocycles. The Morgan fingerprint density at radius 2 is 2.14 bits per heavy atom. The Morgan fingerprint density at radius 1 is 1.43 bits per heavy atom. The van der Waals surface area contributed by atoms with Crippen molar-refractivity contribution in [3.05, 3.63) is 17.8 Å². The molecule has 0 aliphatic carbocycles. The average Bonchev–Trinajstić information content (AvgIpc) is 2.27. The van der Waals surface area contributed by atoms with Crippen LogP contribution < -0.4 is 4.74 Å². The summed E-state index contributed by atoms with van der Waals surface area (Å²) in [6.07, 6.45) is -1.93. The fourth-order valence-corrected chi connectivity index (χ4v) is 1.23. The van der Waals surface area contributed by atoms with Crippen molar-refractivity contribution in [1.82, 2.24) is 10.2 Å². The van der Waals surface area contributed by atoms with Crippen LogP contribution in [0.5, 0.6) is 5.88 Å². The molecule has 1 heterocycles. The van der Waals surface area contributed by atoms with Crippen molar-refractivity contribution >= 4 is 15.9 Å². The highest BCUT2D eigenvalue weighted by Gasteiger charge is 2.18. The Hall–Kier alpha value is -0.720. The van der Waals surface area contributed by atoms with Crippen LogP contribution in [0.2, 0.25) is 0 Å². The smallest absolute Gasteiger partial charge is 0.233 e. The van der Waals surface area contributed by atoms with Crippen LogP contribution in [0.15, 0.2) is 12.1 Å². The van der Waals surface area contributed by atoms with Gasteiger partial charge in [-0.3, -0.25) is 0 Å². The molecule has 1 aromatic rings. The molecule has 0 spiro atoms. The molecule has 2 N–H and O–H groups in total. The van der Waals surface area contributed by atoms with E-state index in [1.165, 1.54) is 7.11 Å². The van der Waals surface area contributed by atoms with Crippen LogP contribution in [0.1, 0.15) is 11.8 Å². The van der Waals surface area contributed by atoms with Crippen LogP contribution in [0.3, 0.4) is 0 Å². The Labute approximate surface area is 89.9 Å². The number of aliphatic hydroxyl groups excluding tert-OH is 2. The fraction of sp³-hybridized carbons (Fsp3) is 0.500. The highest BCUT2D eigenvalue weighted by molar-refractivity contribution is 9.09. The standard InChI is InChI=1S/C8H11BrN2O3/c1-14-7-3-2-5(10-11-7)8(13)6(12)4-9/h2-3,6,8,12-13H,4H2,1H3. The van der Waals surface area contributed by atoms with Gasteiger partial charge in [0.25, 0.3) is 0 Å². The Balaban J connectivity index is 2.75. The van der Waals surface area contributed by atoms with Crippen LogP contribution in [0.4, 0.5) is 0 Å². The van der Waals surface area contributed by atoms with Gasteiger partial charge in [0.15, 0.2) is 0 Å². The third-order valence-corrected chi connectivity index (χ3v) is 2.36. The second-order valence-corrected chi connectivity index (χ2v) is 3.31. The van der Waals surface area contributed by atoms with E-state index in [9.17, 15) is 10.2 Å². The first-order valence-corrected chi connectivity index (χ1v) is 5.11. The minimum Gasteiger partial charge on any atom is -0.480 e. The molecule has 0 saturated heterocycles. The largest absolute Gasteiger partial charge is 0.480 e. The summed E-state index contributed by atoms with van der Waals surface area (Å²) in [5.41, 5.74) is 0.317. The molecule has 0 aliphatic rings. The normalized spacial score (nSPS) is 14.9. The number of nitrogens with zero attached hydrogens (tertiary/aromatic N) is 2. The lowest BCUT2D eigenvalue weighted by Gasteiger charge is -2.13. The van der Waals surface area contributed by atoms with E-state index in [1.54, 1.807) is 12.1 Å². The highest BCUT2D eigenvalue weighted by Crippen LogP contribution is 2.16. The third-order valence-electron chi connectivity index (χ3n) is 1.70. The van der Waals surface area contributed by atoms with E-state index in [0.717, 1.165) is 0 Å². The zero-order chi connectivity index (χ0) is 10.6. The second kappa shape index (κ2) is 5.23. The van der Waals surface area contributed by atoms with Gasteiger partial charge in [-0.25, -0.2) is 0 Å². The number of alkyl halides is 1. The lowest BCUT2D eigenvalue weighted by atomic mass is 10.1. The Bertz CT molecular complexity index is 280. The molecule has 78 valence electrons. The van der Waals surface area contributed by atoms with Crippen molar-refractivity contribution in [2.24, 2.45) is 0 Å². The van der Waals surface area contributed by atoms with Gasteiger partial charge in [-0.2, -0.15) is 0 Å². The molecule has 2 atom stereocenters. The summed E-state index contributed by atoms with van der Waals surface area (Å²) in [6, 6.07) is 3.13. The van der Waals surface area contributed by atoms with Crippen LogP contribution >= 0.6 is 15.9 Å². The SMILES string of the molecule is COc1ccc(C(O)C(O)CBr)nn1. The minimum absolute atomic E-state index is 0.280. The summed E-state index contributed by atoms with van der Waals surface area (Å²) in [5, 5.41) is 26.5. The van der Waals surface area contributed by atoms with E-state index in [1.807, 2.05) is 0 Å². The molecule has 14 heavy (non-hydrogen) atoms. The molecule has 0 aromatic carbocycles. The maximum atomic E-state index is 9.53. The van der Waals surface area contributed by atoms with E-state index in [0.29, 0.717) is 11.6 Å². The molecule has 0 bridgehead atoms. The van der Waals surface area contributed by atoms with Gasteiger partial charge in [-0.05, 0) is 6.07 Å². The van der Waals surface area contributed by atoms with Gasteiger partial charge in [0.05, 0.1) is 18.9 Å². The zero-order valence-electron chi connectivity index (χ0n) is 7.59. The summed E-state index contributed by atoms with van der Waals surface area (Å²) in [5.74, 6) is 0.370. The highest BCUT2D eigenvalue weighted by atomic mass is 79.9. The van der Waals surface area contributed by atoms with E-state index in [4.69, 9.17) is 4.74 Å². The van der Waals surface area contributed by atoms with Crippen molar-refractivity contribution in [1.29, 1.82) is 0 Å². The van der Waals surface area contributed by atoms with Crippen LogP contribution in [0, 0.1) is 0 Å². The molecule has 2 unspecified atom stereocenters. The van der Waals surface area contributed by atoms with E-state index >= 15 is 0 Å². The predicted molar refractivity (Wildman–Crippen MR) is 53.3 cm³/mol. The molecular weight excluding hydrogens is 252 g/mol. The van der Waals surface area contributed by atoms with Gasteiger partial charge in [0, 0.05) is 11.4 Å². The summed E-state index contributed by atoms with van der Waals surface area (Å²) in [7, 11) is 1.48. The monoisotopic (exact) mass is 262 g/mol. The van der Waals surface area contributed by atoms with Gasteiger partial charge in [0.1, 0.15) is 6.10 Å². The van der Waals surface area contributed by atoms with Gasteiger partial charge in [0.2, 0.25) is 5.88 Å². The van der Waals surface area contributed by atoms with Gasteiger partial charge < -0.3 is 14.9 Å². The molecule has 0 radical (unpaired) electrons. The molecule has 0 amide bonds. The minimum atomic E-state index is -1.03. The maximum Gasteiger partial charge on any atom is 0.233 e. The first kappa shape index (κ1) is 11.4. The third kappa shape index (κ3) is 2.63. The number of hydrogen-bond acceptors (Lipinski definition) is 5. The lowest BCUT2D eigenvalue weighted by Crippen LogP contribution is -2.20. The van der Waals surface area contributed by atoms with Crippen molar-refractivity contribution in [3.63, 3.8) is 0 Å². The van der Waals surface area contributed by atoms with Crippen molar-refractivity contribution in [2.45, 2.75) is 12.2 Å². The number of hydrogen-bond donors (Lipinski definition) is 2. The lowest BCUT2D eigenvalue weighted by molar-refractivity contribution is 0.0308. The average molecular weight is 263 g/mol. The number of aliphatic hydroxyl groups is 2. The van der Waals surface area contributed by atoms with E-state index < -0.39 is 12.2 Å². The summed E-state index contributed by atoms with van der Waals surface area (Å²) < 4.78 is 4.81. The maximum absolute atomic E-state index is 9.53. The van der Waals surface area contributed by atoms with Crippen molar-refractivity contribution in [3.8, 4) is 5.88 Å². The van der Waals surface area contributed by atoms with E-state index in [2.05, 4.69) is 26.1 Å².